The van der Waals surface area contributed by atoms with E-state index in [1.165, 1.54) is 0 Å². The van der Waals surface area contributed by atoms with Crippen molar-refractivity contribution in [3.8, 4) is 5.75 Å². The highest BCUT2D eigenvalue weighted by atomic mass is 32.2. The minimum absolute atomic E-state index is 0.210. The zero-order valence-electron chi connectivity index (χ0n) is 19.9. The Hall–Kier alpha value is -2.03. The van der Waals surface area contributed by atoms with Crippen LogP contribution in [-0.2, 0) is 21.0 Å². The van der Waals surface area contributed by atoms with Crippen molar-refractivity contribution in [3.05, 3.63) is 65.7 Å². The lowest BCUT2D eigenvalue weighted by molar-refractivity contribution is 0.413. The fourth-order valence-corrected chi connectivity index (χ4v) is 4.38. The summed E-state index contributed by atoms with van der Waals surface area (Å²) in [6.07, 6.45) is 0.210. The molecule has 0 spiro atoms. The van der Waals surface area contributed by atoms with Gasteiger partial charge in [0.1, 0.15) is 16.7 Å². The van der Waals surface area contributed by atoms with Crippen molar-refractivity contribution in [2.45, 2.75) is 63.5 Å². The Balaban J connectivity index is 2.62. The highest BCUT2D eigenvalue weighted by Crippen LogP contribution is 2.28. The van der Waals surface area contributed by atoms with Gasteiger partial charge in [-0.2, -0.15) is 4.40 Å². The molecule has 8 heteroatoms. The molecule has 0 saturated carbocycles. The van der Waals surface area contributed by atoms with Gasteiger partial charge in [0, 0.05) is 12.0 Å². The summed E-state index contributed by atoms with van der Waals surface area (Å²) in [4.78, 5) is 0. The van der Waals surface area contributed by atoms with Gasteiger partial charge in [0.15, 0.2) is 0 Å². The van der Waals surface area contributed by atoms with E-state index >= 15 is 0 Å². The summed E-state index contributed by atoms with van der Waals surface area (Å²) in [5, 5.41) is 0. The summed E-state index contributed by atoms with van der Waals surface area (Å²) in [6, 6.07) is 16.1. The fraction of sp³-hybridized carbons (Fsp3) is 0.458. The molecule has 2 rings (SSSR count). The number of sulfonamides is 1. The molecule has 0 amide bonds. The maximum atomic E-state index is 13.0. The summed E-state index contributed by atoms with van der Waals surface area (Å²) in [6.45, 7) is 10.5. The average molecular weight is 479 g/mol. The number of rotatable bonds is 8. The SMILES string of the molecule is COc1ccccc1/C(C[C@H](NS(=O)(=O)C(C)(C)C)c1ccccc1)=N\S(=O)C(C)(C)C. The molecular formula is C24H34N2O4S2. The van der Waals surface area contributed by atoms with Gasteiger partial charge in [0.2, 0.25) is 10.0 Å². The number of nitrogens with one attached hydrogen (secondary N) is 1. The Kier molecular flexibility index (Phi) is 8.42. The lowest BCUT2D eigenvalue weighted by Crippen LogP contribution is -2.42. The zero-order valence-corrected chi connectivity index (χ0v) is 21.5. The molecule has 0 fully saturated rings. The Morgan fingerprint density at radius 1 is 1.00 bits per heavy atom. The van der Waals surface area contributed by atoms with E-state index < -0.39 is 36.5 Å². The molecule has 2 aromatic rings. The van der Waals surface area contributed by atoms with Crippen LogP contribution in [-0.4, -0.2) is 34.9 Å². The second-order valence-electron chi connectivity index (χ2n) is 9.50. The summed E-state index contributed by atoms with van der Waals surface area (Å²) >= 11 is 0. The van der Waals surface area contributed by atoms with Crippen LogP contribution in [0.3, 0.4) is 0 Å². The van der Waals surface area contributed by atoms with Crippen molar-refractivity contribution in [3.63, 3.8) is 0 Å². The minimum atomic E-state index is -3.66. The van der Waals surface area contributed by atoms with Gasteiger partial charge in [-0.05, 0) is 59.2 Å². The molecule has 32 heavy (non-hydrogen) atoms. The third-order valence-corrected chi connectivity index (χ3v) is 8.48. The Labute approximate surface area is 195 Å². The lowest BCUT2D eigenvalue weighted by atomic mass is 9.97. The van der Waals surface area contributed by atoms with Crippen molar-refractivity contribution in [2.75, 3.05) is 7.11 Å². The largest absolute Gasteiger partial charge is 0.496 e. The van der Waals surface area contributed by atoms with Crippen LogP contribution in [0.25, 0.3) is 0 Å². The Bertz CT molecular complexity index is 1070. The third kappa shape index (κ3) is 6.73. The number of hydrogen-bond acceptors (Lipinski definition) is 4. The van der Waals surface area contributed by atoms with E-state index in [1.807, 2.05) is 75.4 Å². The summed E-state index contributed by atoms with van der Waals surface area (Å²) in [5.41, 5.74) is 1.99. The predicted molar refractivity (Wildman–Crippen MR) is 133 cm³/mol. The number of ether oxygens (including phenoxy) is 1. The van der Waals surface area contributed by atoms with Crippen molar-refractivity contribution in [2.24, 2.45) is 4.40 Å². The molecule has 0 radical (unpaired) electrons. The van der Waals surface area contributed by atoms with Crippen LogP contribution in [0.4, 0.5) is 0 Å². The van der Waals surface area contributed by atoms with E-state index in [9.17, 15) is 12.6 Å². The molecule has 0 aliphatic heterocycles. The lowest BCUT2D eigenvalue weighted by Gasteiger charge is -2.26. The summed E-state index contributed by atoms with van der Waals surface area (Å²) in [5.74, 6) is 0.586. The average Bonchev–Trinajstić information content (AvgIpc) is 2.71. The van der Waals surface area contributed by atoms with Gasteiger partial charge < -0.3 is 4.74 Å². The van der Waals surface area contributed by atoms with Gasteiger partial charge in [-0.15, -0.1) is 0 Å². The molecule has 2 atom stereocenters. The first kappa shape index (κ1) is 26.2. The van der Waals surface area contributed by atoms with Crippen molar-refractivity contribution < 1.29 is 17.4 Å². The summed E-state index contributed by atoms with van der Waals surface area (Å²) in [7, 11) is -3.63. The Morgan fingerprint density at radius 3 is 2.09 bits per heavy atom. The molecule has 0 aliphatic carbocycles. The second kappa shape index (κ2) is 10.3. The van der Waals surface area contributed by atoms with Crippen LogP contribution in [0.2, 0.25) is 0 Å². The van der Waals surface area contributed by atoms with Crippen molar-refractivity contribution >= 4 is 26.7 Å². The topological polar surface area (TPSA) is 84.8 Å². The first-order valence-electron chi connectivity index (χ1n) is 10.5. The normalized spacial score (nSPS) is 15.3. The van der Waals surface area contributed by atoms with Gasteiger partial charge in [-0.1, -0.05) is 42.5 Å². The molecule has 1 unspecified atom stereocenters. The third-order valence-electron chi connectivity index (χ3n) is 4.84. The van der Waals surface area contributed by atoms with E-state index in [-0.39, 0.29) is 6.42 Å². The molecule has 2 aromatic carbocycles. The first-order valence-corrected chi connectivity index (χ1v) is 13.0. The number of nitrogens with zero attached hydrogens (tertiary/aromatic N) is 1. The van der Waals surface area contributed by atoms with E-state index in [2.05, 4.69) is 9.12 Å². The molecule has 176 valence electrons. The quantitative estimate of drug-likeness (QED) is 0.553. The number of para-hydroxylation sites is 1. The van der Waals surface area contributed by atoms with E-state index in [4.69, 9.17) is 4.74 Å². The van der Waals surface area contributed by atoms with Crippen LogP contribution < -0.4 is 9.46 Å². The monoisotopic (exact) mass is 478 g/mol. The van der Waals surface area contributed by atoms with Crippen molar-refractivity contribution in [1.82, 2.24) is 4.72 Å². The second-order valence-corrected chi connectivity index (χ2v) is 13.9. The maximum Gasteiger partial charge on any atom is 0.217 e. The van der Waals surface area contributed by atoms with E-state index in [1.54, 1.807) is 27.9 Å². The number of hydrogen-bond donors (Lipinski definition) is 1. The smallest absolute Gasteiger partial charge is 0.217 e. The molecule has 0 saturated heterocycles. The molecular weight excluding hydrogens is 444 g/mol. The van der Waals surface area contributed by atoms with Gasteiger partial charge in [0.05, 0.1) is 28.4 Å². The molecule has 1 N–H and O–H groups in total. The zero-order chi connectivity index (χ0) is 24.2. The first-order chi connectivity index (χ1) is 14.8. The van der Waals surface area contributed by atoms with Crippen LogP contribution >= 0.6 is 0 Å². The van der Waals surface area contributed by atoms with Gasteiger partial charge in [0.25, 0.3) is 0 Å². The molecule has 0 aromatic heterocycles. The van der Waals surface area contributed by atoms with Crippen LogP contribution in [0.1, 0.15) is 65.1 Å². The van der Waals surface area contributed by atoms with Gasteiger partial charge in [-0.3, -0.25) is 0 Å². The standard InChI is InChI=1S/C24H34N2O4S2/c1-23(2,3)31(27)25-21(19-15-11-12-16-22(19)30-7)17-20(18-13-9-8-10-14-18)26-32(28,29)24(4,5)6/h8-16,20,26H,17H2,1-7H3/b25-21-/t20-,31?/m0/s1. The van der Waals surface area contributed by atoms with Crippen LogP contribution in [0, 0.1) is 0 Å². The van der Waals surface area contributed by atoms with E-state index in [0.717, 1.165) is 5.56 Å². The summed E-state index contributed by atoms with van der Waals surface area (Å²) < 4.78 is 50.4. The number of methoxy groups -OCH3 is 1. The highest BCUT2D eigenvalue weighted by molar-refractivity contribution is 7.90. The van der Waals surface area contributed by atoms with Gasteiger partial charge >= 0.3 is 0 Å². The van der Waals surface area contributed by atoms with Crippen molar-refractivity contribution in [1.29, 1.82) is 0 Å². The Morgan fingerprint density at radius 2 is 1.56 bits per heavy atom. The molecule has 0 bridgehead atoms. The highest BCUT2D eigenvalue weighted by Gasteiger charge is 2.33. The van der Waals surface area contributed by atoms with Gasteiger partial charge in [-0.25, -0.2) is 17.3 Å². The molecule has 0 heterocycles. The predicted octanol–water partition coefficient (Wildman–Crippen LogP) is 4.80. The van der Waals surface area contributed by atoms with E-state index in [0.29, 0.717) is 17.0 Å². The molecule has 6 nitrogen and oxygen atoms in total. The minimum Gasteiger partial charge on any atom is -0.496 e. The number of benzene rings is 2. The maximum absolute atomic E-state index is 13.0. The van der Waals surface area contributed by atoms with Crippen LogP contribution in [0.5, 0.6) is 5.75 Å². The molecule has 0 aliphatic rings. The fourth-order valence-electron chi connectivity index (χ4n) is 2.79. The van der Waals surface area contributed by atoms with Crippen LogP contribution in [0.15, 0.2) is 59.0 Å².